The normalized spacial score (nSPS) is 15.8. The lowest BCUT2D eigenvalue weighted by molar-refractivity contribution is 0.372. The lowest BCUT2D eigenvalue weighted by Gasteiger charge is -2.17. The molecule has 1 saturated carbocycles. The van der Waals surface area contributed by atoms with Gasteiger partial charge in [0.15, 0.2) is 5.82 Å². The first-order valence-corrected chi connectivity index (χ1v) is 8.77. The van der Waals surface area contributed by atoms with Crippen LogP contribution in [0.5, 0.6) is 0 Å². The van der Waals surface area contributed by atoms with E-state index in [9.17, 15) is 0 Å². The lowest BCUT2D eigenvalue weighted by Crippen LogP contribution is -2.34. The van der Waals surface area contributed by atoms with Gasteiger partial charge in [0.1, 0.15) is 0 Å². The van der Waals surface area contributed by atoms with Crippen LogP contribution in [0.25, 0.3) is 11.5 Å². The van der Waals surface area contributed by atoms with Crippen molar-refractivity contribution in [3.8, 4) is 11.5 Å². The van der Waals surface area contributed by atoms with Gasteiger partial charge in [0.05, 0.1) is 17.8 Å². The Balaban J connectivity index is 0.00000196. The van der Waals surface area contributed by atoms with Crippen LogP contribution < -0.4 is 5.73 Å². The van der Waals surface area contributed by atoms with Crippen LogP contribution in [-0.2, 0) is 12.1 Å². The fourth-order valence-corrected chi connectivity index (χ4v) is 3.53. The SMILES string of the molecule is Cc1cc(C)n(Cc2ccc(-c3nc(C4(N)CCCC4)no3)cc2)n1.Cl. The molecule has 26 heavy (non-hydrogen) atoms. The van der Waals surface area contributed by atoms with Gasteiger partial charge in [0.2, 0.25) is 0 Å². The molecule has 4 rings (SSSR count). The third-order valence-corrected chi connectivity index (χ3v) is 5.00. The van der Waals surface area contributed by atoms with E-state index in [0.29, 0.717) is 11.7 Å². The van der Waals surface area contributed by atoms with E-state index in [4.69, 9.17) is 10.3 Å². The molecule has 0 aliphatic heterocycles. The summed E-state index contributed by atoms with van der Waals surface area (Å²) in [6.45, 7) is 4.83. The molecule has 1 aliphatic carbocycles. The monoisotopic (exact) mass is 373 g/mol. The first-order valence-electron chi connectivity index (χ1n) is 8.77. The number of benzene rings is 1. The van der Waals surface area contributed by atoms with Gasteiger partial charge in [-0.2, -0.15) is 10.1 Å². The van der Waals surface area contributed by atoms with Crippen LogP contribution in [0, 0.1) is 13.8 Å². The molecule has 1 fully saturated rings. The minimum Gasteiger partial charge on any atom is -0.334 e. The quantitative estimate of drug-likeness (QED) is 0.753. The van der Waals surface area contributed by atoms with Crippen molar-refractivity contribution in [1.82, 2.24) is 19.9 Å². The summed E-state index contributed by atoms with van der Waals surface area (Å²) in [6, 6.07) is 10.2. The van der Waals surface area contributed by atoms with Gasteiger partial charge in [-0.15, -0.1) is 12.4 Å². The Morgan fingerprint density at radius 1 is 1.15 bits per heavy atom. The molecule has 3 aromatic rings. The van der Waals surface area contributed by atoms with Crippen molar-refractivity contribution in [2.24, 2.45) is 5.73 Å². The van der Waals surface area contributed by atoms with E-state index in [0.717, 1.165) is 49.2 Å². The molecular formula is C19H24ClN5O. The summed E-state index contributed by atoms with van der Waals surface area (Å²) in [4.78, 5) is 4.55. The summed E-state index contributed by atoms with van der Waals surface area (Å²) >= 11 is 0. The molecule has 6 nitrogen and oxygen atoms in total. The Hall–Kier alpha value is -2.18. The van der Waals surface area contributed by atoms with Crippen LogP contribution in [0.4, 0.5) is 0 Å². The van der Waals surface area contributed by atoms with Crippen LogP contribution in [0.3, 0.4) is 0 Å². The molecular weight excluding hydrogens is 350 g/mol. The molecule has 0 bridgehead atoms. The molecule has 0 atom stereocenters. The Morgan fingerprint density at radius 3 is 2.46 bits per heavy atom. The van der Waals surface area contributed by atoms with E-state index in [1.165, 1.54) is 5.56 Å². The number of aromatic nitrogens is 4. The van der Waals surface area contributed by atoms with Crippen molar-refractivity contribution >= 4 is 12.4 Å². The van der Waals surface area contributed by atoms with Gasteiger partial charge >= 0.3 is 0 Å². The third kappa shape index (κ3) is 3.52. The van der Waals surface area contributed by atoms with Crippen molar-refractivity contribution in [1.29, 1.82) is 0 Å². The number of aryl methyl sites for hydroxylation is 2. The van der Waals surface area contributed by atoms with Gasteiger partial charge in [-0.3, -0.25) is 4.68 Å². The highest BCUT2D eigenvalue weighted by Crippen LogP contribution is 2.35. The molecule has 2 aromatic heterocycles. The summed E-state index contributed by atoms with van der Waals surface area (Å²) in [5, 5.41) is 8.63. The molecule has 2 N–H and O–H groups in total. The van der Waals surface area contributed by atoms with Gasteiger partial charge in [-0.05, 0) is 50.5 Å². The highest BCUT2D eigenvalue weighted by molar-refractivity contribution is 5.85. The fraction of sp³-hybridized carbons (Fsp3) is 0.421. The van der Waals surface area contributed by atoms with Gasteiger partial charge in [-0.25, -0.2) is 0 Å². The zero-order valence-electron chi connectivity index (χ0n) is 15.1. The van der Waals surface area contributed by atoms with Crippen LogP contribution in [-0.4, -0.2) is 19.9 Å². The minimum absolute atomic E-state index is 0. The summed E-state index contributed by atoms with van der Waals surface area (Å²) in [7, 11) is 0. The van der Waals surface area contributed by atoms with E-state index in [2.05, 4.69) is 40.4 Å². The van der Waals surface area contributed by atoms with Gasteiger partial charge in [0, 0.05) is 11.3 Å². The van der Waals surface area contributed by atoms with Gasteiger partial charge in [0.25, 0.3) is 5.89 Å². The van der Waals surface area contributed by atoms with Gasteiger partial charge < -0.3 is 10.3 Å². The average molecular weight is 374 g/mol. The number of hydrogen-bond acceptors (Lipinski definition) is 5. The topological polar surface area (TPSA) is 82.8 Å². The maximum atomic E-state index is 6.40. The highest BCUT2D eigenvalue weighted by atomic mass is 35.5. The minimum atomic E-state index is -0.419. The summed E-state index contributed by atoms with van der Waals surface area (Å²) in [5.74, 6) is 1.16. The first-order chi connectivity index (χ1) is 12.0. The number of rotatable bonds is 4. The maximum Gasteiger partial charge on any atom is 0.257 e. The summed E-state index contributed by atoms with van der Waals surface area (Å²) in [6.07, 6.45) is 4.10. The molecule has 1 aromatic carbocycles. The molecule has 2 heterocycles. The smallest absolute Gasteiger partial charge is 0.257 e. The van der Waals surface area contributed by atoms with Crippen molar-refractivity contribution < 1.29 is 4.52 Å². The first kappa shape index (κ1) is 18.6. The van der Waals surface area contributed by atoms with Crippen molar-refractivity contribution in [2.45, 2.75) is 51.6 Å². The fourth-order valence-electron chi connectivity index (χ4n) is 3.53. The highest BCUT2D eigenvalue weighted by Gasteiger charge is 2.36. The van der Waals surface area contributed by atoms with E-state index in [1.54, 1.807) is 0 Å². The summed E-state index contributed by atoms with van der Waals surface area (Å²) < 4.78 is 7.46. The van der Waals surface area contributed by atoms with Crippen LogP contribution in [0.15, 0.2) is 34.9 Å². The number of halogens is 1. The average Bonchev–Trinajstić information content (AvgIpc) is 3.30. The number of hydrogen-bond donors (Lipinski definition) is 1. The lowest BCUT2D eigenvalue weighted by atomic mass is 9.99. The molecule has 0 amide bonds. The molecule has 0 unspecified atom stereocenters. The second-order valence-corrected chi connectivity index (χ2v) is 7.07. The van der Waals surface area contributed by atoms with Gasteiger partial charge in [-0.1, -0.05) is 30.1 Å². The van der Waals surface area contributed by atoms with E-state index >= 15 is 0 Å². The Labute approximate surface area is 159 Å². The van der Waals surface area contributed by atoms with Crippen LogP contribution in [0.2, 0.25) is 0 Å². The maximum absolute atomic E-state index is 6.40. The Kier molecular flexibility index (Phi) is 5.16. The Morgan fingerprint density at radius 2 is 1.85 bits per heavy atom. The van der Waals surface area contributed by atoms with Crippen molar-refractivity contribution in [2.75, 3.05) is 0 Å². The molecule has 0 saturated heterocycles. The summed E-state index contributed by atoms with van der Waals surface area (Å²) in [5.41, 5.74) is 10.3. The standard InChI is InChI=1S/C19H23N5O.ClH/c1-13-11-14(2)24(22-13)12-15-5-7-16(8-6-15)17-21-18(23-25-17)19(20)9-3-4-10-19;/h5-8,11H,3-4,9-10,12,20H2,1-2H3;1H. The molecule has 7 heteroatoms. The third-order valence-electron chi connectivity index (χ3n) is 5.00. The number of nitrogens with zero attached hydrogens (tertiary/aromatic N) is 4. The van der Waals surface area contributed by atoms with Crippen molar-refractivity contribution in [3.05, 3.63) is 53.1 Å². The molecule has 1 aliphatic rings. The molecule has 138 valence electrons. The van der Waals surface area contributed by atoms with E-state index in [-0.39, 0.29) is 12.4 Å². The largest absolute Gasteiger partial charge is 0.334 e. The Bertz CT molecular complexity index is 878. The van der Waals surface area contributed by atoms with E-state index in [1.807, 2.05) is 23.7 Å². The zero-order chi connectivity index (χ0) is 17.4. The predicted octanol–water partition coefficient (Wildman–Crippen LogP) is 3.75. The molecule has 0 spiro atoms. The van der Waals surface area contributed by atoms with Crippen molar-refractivity contribution in [3.63, 3.8) is 0 Å². The second kappa shape index (κ2) is 7.21. The molecule has 0 radical (unpaired) electrons. The van der Waals surface area contributed by atoms with E-state index < -0.39 is 5.54 Å². The van der Waals surface area contributed by atoms with Crippen LogP contribution >= 0.6 is 12.4 Å². The zero-order valence-corrected chi connectivity index (χ0v) is 15.9. The number of nitrogens with two attached hydrogens (primary N) is 1. The van der Waals surface area contributed by atoms with Crippen LogP contribution in [0.1, 0.15) is 48.5 Å². The second-order valence-electron chi connectivity index (χ2n) is 7.07. The predicted molar refractivity (Wildman–Crippen MR) is 102 cm³/mol.